The molecule has 9 aromatic rings. The van der Waals surface area contributed by atoms with Crippen LogP contribution in [0.25, 0.3) is 66.1 Å². The second-order valence-electron chi connectivity index (χ2n) is 12.2. The first-order valence-electron chi connectivity index (χ1n) is 16.3. The molecule has 0 bridgehead atoms. The highest BCUT2D eigenvalue weighted by Crippen LogP contribution is 2.41. The predicted molar refractivity (Wildman–Crippen MR) is 202 cm³/mol. The summed E-state index contributed by atoms with van der Waals surface area (Å²) in [7, 11) is 0. The van der Waals surface area contributed by atoms with Gasteiger partial charge in [0.15, 0.2) is 0 Å². The van der Waals surface area contributed by atoms with Crippen molar-refractivity contribution < 1.29 is 4.42 Å². The van der Waals surface area contributed by atoms with Crippen molar-refractivity contribution in [2.24, 2.45) is 0 Å². The molecule has 0 aliphatic heterocycles. The van der Waals surface area contributed by atoms with Crippen molar-refractivity contribution in [3.8, 4) is 33.4 Å². The Bertz CT molecular complexity index is 2430. The van der Waals surface area contributed by atoms with E-state index >= 15 is 0 Å². The van der Waals surface area contributed by atoms with E-state index in [0.717, 1.165) is 55.5 Å². The topological polar surface area (TPSA) is 16.4 Å². The monoisotopic (exact) mass is 613 g/mol. The highest BCUT2D eigenvalue weighted by molar-refractivity contribution is 6.17. The lowest BCUT2D eigenvalue weighted by atomic mass is 10.0. The first kappa shape index (κ1) is 27.9. The largest absolute Gasteiger partial charge is 0.455 e. The third kappa shape index (κ3) is 4.92. The van der Waals surface area contributed by atoms with Crippen LogP contribution in [0.4, 0.5) is 17.1 Å². The lowest BCUT2D eigenvalue weighted by Gasteiger charge is -2.26. The van der Waals surface area contributed by atoms with Crippen LogP contribution in [0.5, 0.6) is 0 Å². The zero-order valence-electron chi connectivity index (χ0n) is 26.3. The Hall–Kier alpha value is -6.38. The van der Waals surface area contributed by atoms with Gasteiger partial charge in [-0.1, -0.05) is 146 Å². The van der Waals surface area contributed by atoms with E-state index in [1.807, 2.05) is 0 Å². The van der Waals surface area contributed by atoms with Crippen LogP contribution in [0.15, 0.2) is 192 Å². The van der Waals surface area contributed by atoms with Crippen LogP contribution in [0.1, 0.15) is 0 Å². The molecule has 1 aromatic heterocycles. The molecule has 2 heteroatoms. The quantitative estimate of drug-likeness (QED) is 0.185. The summed E-state index contributed by atoms with van der Waals surface area (Å²) in [5, 5.41) is 4.60. The third-order valence-electron chi connectivity index (χ3n) is 9.29. The van der Waals surface area contributed by atoms with Crippen LogP contribution in [-0.2, 0) is 0 Å². The fraction of sp³-hybridized carbons (Fsp3) is 0. The minimum atomic E-state index is 0.918. The average Bonchev–Trinajstić information content (AvgIpc) is 3.56. The molecule has 0 saturated carbocycles. The van der Waals surface area contributed by atoms with Gasteiger partial charge < -0.3 is 9.32 Å². The maximum Gasteiger partial charge on any atom is 0.143 e. The molecule has 226 valence electrons. The van der Waals surface area contributed by atoms with Crippen molar-refractivity contribution in [3.05, 3.63) is 188 Å². The summed E-state index contributed by atoms with van der Waals surface area (Å²) in [5.74, 6) is 0. The standard InChI is InChI=1S/C46H31NO/c1-3-10-32(11-4-1)34-18-25-38(26-19-34)47(39-27-20-35(21-28-39)33-12-5-2-6-13-33)40-29-22-37(23-30-40)42-16-9-17-43-44-31-24-36-14-7-8-15-41(36)46(44)48-45(42)43/h1-31H. The Morgan fingerprint density at radius 2 is 0.750 bits per heavy atom. The lowest BCUT2D eigenvalue weighted by molar-refractivity contribution is 0.674. The van der Waals surface area contributed by atoms with E-state index in [1.54, 1.807) is 0 Å². The number of para-hydroxylation sites is 1. The second-order valence-corrected chi connectivity index (χ2v) is 12.2. The van der Waals surface area contributed by atoms with Gasteiger partial charge in [0.2, 0.25) is 0 Å². The first-order chi connectivity index (χ1) is 23.8. The molecule has 1 heterocycles. The number of hydrogen-bond donors (Lipinski definition) is 0. The first-order valence-corrected chi connectivity index (χ1v) is 16.3. The zero-order valence-corrected chi connectivity index (χ0v) is 26.3. The molecular formula is C46H31NO. The van der Waals surface area contributed by atoms with E-state index < -0.39 is 0 Å². The van der Waals surface area contributed by atoms with Crippen LogP contribution < -0.4 is 4.90 Å². The zero-order chi connectivity index (χ0) is 31.9. The van der Waals surface area contributed by atoms with Gasteiger partial charge in [-0.05, 0) is 75.7 Å². The molecule has 0 unspecified atom stereocenters. The van der Waals surface area contributed by atoms with Gasteiger partial charge in [0.1, 0.15) is 11.2 Å². The van der Waals surface area contributed by atoms with Gasteiger partial charge in [-0.15, -0.1) is 0 Å². The molecule has 8 aromatic carbocycles. The molecule has 0 atom stereocenters. The van der Waals surface area contributed by atoms with Gasteiger partial charge in [-0.3, -0.25) is 0 Å². The molecule has 0 saturated heterocycles. The molecule has 0 aliphatic rings. The van der Waals surface area contributed by atoms with Crippen molar-refractivity contribution in [3.63, 3.8) is 0 Å². The molecule has 0 amide bonds. The molecule has 0 fully saturated rings. The Morgan fingerprint density at radius 3 is 1.33 bits per heavy atom. The van der Waals surface area contributed by atoms with Gasteiger partial charge in [-0.25, -0.2) is 0 Å². The van der Waals surface area contributed by atoms with E-state index in [0.29, 0.717) is 0 Å². The number of anilines is 3. The van der Waals surface area contributed by atoms with Crippen LogP contribution >= 0.6 is 0 Å². The van der Waals surface area contributed by atoms with Crippen LogP contribution in [0.2, 0.25) is 0 Å². The van der Waals surface area contributed by atoms with Crippen LogP contribution in [0.3, 0.4) is 0 Å². The number of furan rings is 1. The second kappa shape index (κ2) is 11.8. The van der Waals surface area contributed by atoms with Crippen LogP contribution in [-0.4, -0.2) is 0 Å². The lowest BCUT2D eigenvalue weighted by Crippen LogP contribution is -2.09. The minimum Gasteiger partial charge on any atom is -0.455 e. The van der Waals surface area contributed by atoms with Crippen LogP contribution in [0, 0.1) is 0 Å². The van der Waals surface area contributed by atoms with Crippen molar-refractivity contribution in [2.45, 2.75) is 0 Å². The highest BCUT2D eigenvalue weighted by Gasteiger charge is 2.17. The maximum absolute atomic E-state index is 6.65. The molecule has 2 nitrogen and oxygen atoms in total. The SMILES string of the molecule is c1ccc(-c2ccc(N(c3ccc(-c4ccccc4)cc3)c3ccc(-c4cccc5c4oc4c6ccccc6ccc54)cc3)cc2)cc1. The molecular weight excluding hydrogens is 583 g/mol. The Balaban J connectivity index is 1.12. The summed E-state index contributed by atoms with van der Waals surface area (Å²) in [6.45, 7) is 0. The van der Waals surface area contributed by atoms with E-state index in [1.165, 1.54) is 27.6 Å². The summed E-state index contributed by atoms with van der Waals surface area (Å²) in [6.07, 6.45) is 0. The van der Waals surface area contributed by atoms with E-state index in [9.17, 15) is 0 Å². The van der Waals surface area contributed by atoms with Gasteiger partial charge >= 0.3 is 0 Å². The molecule has 0 aliphatic carbocycles. The fourth-order valence-electron chi connectivity index (χ4n) is 6.86. The predicted octanol–water partition coefficient (Wildman–Crippen LogP) is 13.2. The summed E-state index contributed by atoms with van der Waals surface area (Å²) < 4.78 is 6.65. The number of rotatable bonds is 6. The molecule has 0 N–H and O–H groups in total. The number of fused-ring (bicyclic) bond motifs is 5. The van der Waals surface area contributed by atoms with E-state index in [-0.39, 0.29) is 0 Å². The normalized spacial score (nSPS) is 11.3. The molecule has 0 spiro atoms. The van der Waals surface area contributed by atoms with Crippen molar-refractivity contribution in [2.75, 3.05) is 4.90 Å². The summed E-state index contributed by atoms with van der Waals surface area (Å²) >= 11 is 0. The van der Waals surface area contributed by atoms with Crippen molar-refractivity contribution in [1.82, 2.24) is 0 Å². The van der Waals surface area contributed by atoms with Gasteiger partial charge in [0, 0.05) is 38.8 Å². The molecule has 9 rings (SSSR count). The minimum absolute atomic E-state index is 0.918. The molecule has 0 radical (unpaired) electrons. The number of hydrogen-bond acceptors (Lipinski definition) is 2. The Morgan fingerprint density at radius 1 is 0.292 bits per heavy atom. The molecule has 48 heavy (non-hydrogen) atoms. The van der Waals surface area contributed by atoms with Crippen molar-refractivity contribution >= 4 is 49.8 Å². The highest BCUT2D eigenvalue weighted by atomic mass is 16.3. The Labute approximate surface area is 279 Å². The number of nitrogens with zero attached hydrogens (tertiary/aromatic N) is 1. The van der Waals surface area contributed by atoms with Crippen molar-refractivity contribution in [1.29, 1.82) is 0 Å². The summed E-state index contributed by atoms with van der Waals surface area (Å²) in [6, 6.07) is 66.8. The average molecular weight is 614 g/mol. The summed E-state index contributed by atoms with van der Waals surface area (Å²) in [5.41, 5.74) is 12.2. The van der Waals surface area contributed by atoms with Gasteiger partial charge in [0.05, 0.1) is 0 Å². The number of benzene rings is 8. The fourth-order valence-corrected chi connectivity index (χ4v) is 6.86. The van der Waals surface area contributed by atoms with Gasteiger partial charge in [0.25, 0.3) is 0 Å². The Kier molecular flexibility index (Phi) is 6.84. The van der Waals surface area contributed by atoms with Gasteiger partial charge in [-0.2, -0.15) is 0 Å². The third-order valence-corrected chi connectivity index (χ3v) is 9.29. The summed E-state index contributed by atoms with van der Waals surface area (Å²) in [4.78, 5) is 2.32. The smallest absolute Gasteiger partial charge is 0.143 e. The van der Waals surface area contributed by atoms with E-state index in [4.69, 9.17) is 4.42 Å². The maximum atomic E-state index is 6.65. The van der Waals surface area contributed by atoms with E-state index in [2.05, 4.69) is 193 Å².